The van der Waals surface area contributed by atoms with Crippen LogP contribution in [0.25, 0.3) is 11.3 Å². The van der Waals surface area contributed by atoms with Gasteiger partial charge in [-0.3, -0.25) is 9.78 Å². The van der Waals surface area contributed by atoms with Crippen LogP contribution in [0.5, 0.6) is 0 Å². The van der Waals surface area contributed by atoms with E-state index in [1.165, 1.54) is 0 Å². The molecule has 0 radical (unpaired) electrons. The van der Waals surface area contributed by atoms with Gasteiger partial charge < -0.3 is 14.1 Å². The normalized spacial score (nSPS) is 17.0. The van der Waals surface area contributed by atoms with Crippen molar-refractivity contribution in [2.45, 2.75) is 25.6 Å². The molecule has 1 aliphatic rings. The van der Waals surface area contributed by atoms with Gasteiger partial charge in [0.15, 0.2) is 0 Å². The largest absolute Gasteiger partial charge is 0.464 e. The third-order valence-electron chi connectivity index (χ3n) is 4.77. The van der Waals surface area contributed by atoms with Gasteiger partial charge in [-0.05, 0) is 49.2 Å². The summed E-state index contributed by atoms with van der Waals surface area (Å²) < 4.78 is 11.4. The number of amides is 1. The lowest BCUT2D eigenvalue weighted by Gasteiger charge is -2.32. The van der Waals surface area contributed by atoms with E-state index in [-0.39, 0.29) is 12.0 Å². The lowest BCUT2D eigenvalue weighted by molar-refractivity contribution is -0.00785. The molecule has 138 valence electrons. The molecule has 3 heterocycles. The van der Waals surface area contributed by atoms with Crippen molar-refractivity contribution in [3.63, 3.8) is 0 Å². The second kappa shape index (κ2) is 8.18. The Labute approximate surface area is 158 Å². The monoisotopic (exact) mass is 362 g/mol. The summed E-state index contributed by atoms with van der Waals surface area (Å²) in [6, 6.07) is 17.1. The average molecular weight is 362 g/mol. The molecule has 1 aliphatic heterocycles. The molecule has 0 saturated carbocycles. The highest BCUT2D eigenvalue weighted by Gasteiger charge is 2.25. The molecule has 5 nitrogen and oxygen atoms in total. The zero-order valence-electron chi connectivity index (χ0n) is 15.1. The van der Waals surface area contributed by atoms with E-state index in [0.717, 1.165) is 36.4 Å². The number of furan rings is 1. The number of piperidine rings is 1. The van der Waals surface area contributed by atoms with Crippen molar-refractivity contribution in [1.82, 2.24) is 9.88 Å². The van der Waals surface area contributed by atoms with Crippen LogP contribution in [-0.2, 0) is 11.3 Å². The predicted molar refractivity (Wildman–Crippen MR) is 102 cm³/mol. The number of ether oxygens (including phenoxy) is 1. The third-order valence-corrected chi connectivity index (χ3v) is 4.77. The van der Waals surface area contributed by atoms with Gasteiger partial charge in [-0.25, -0.2) is 0 Å². The number of carbonyl (C=O) groups excluding carboxylic acids is 1. The fourth-order valence-electron chi connectivity index (χ4n) is 3.38. The highest BCUT2D eigenvalue weighted by molar-refractivity contribution is 5.95. The molecule has 4 rings (SSSR count). The molecule has 1 saturated heterocycles. The summed E-state index contributed by atoms with van der Waals surface area (Å²) in [4.78, 5) is 19.1. The number of hydrogen-bond acceptors (Lipinski definition) is 4. The Bertz CT molecular complexity index is 878. The molecule has 0 N–H and O–H groups in total. The van der Waals surface area contributed by atoms with Gasteiger partial charge in [0.25, 0.3) is 5.91 Å². The fraction of sp³-hybridized carbons (Fsp3) is 0.273. The van der Waals surface area contributed by atoms with Crippen molar-refractivity contribution in [3.05, 3.63) is 78.3 Å². The van der Waals surface area contributed by atoms with E-state index >= 15 is 0 Å². The minimum atomic E-state index is 0.0366. The Morgan fingerprint density at radius 2 is 2.15 bits per heavy atom. The van der Waals surface area contributed by atoms with Crippen molar-refractivity contribution < 1.29 is 13.9 Å². The Hall–Kier alpha value is -2.92. The second-order valence-corrected chi connectivity index (χ2v) is 6.71. The number of carbonyl (C=O) groups is 1. The highest BCUT2D eigenvalue weighted by atomic mass is 16.5. The van der Waals surface area contributed by atoms with Crippen LogP contribution in [0.1, 0.15) is 28.9 Å². The maximum Gasteiger partial charge on any atom is 0.253 e. The Kier molecular flexibility index (Phi) is 5.30. The molecular formula is C22H22N2O3. The summed E-state index contributed by atoms with van der Waals surface area (Å²) in [7, 11) is 0. The molecule has 0 spiro atoms. The molecule has 0 aliphatic carbocycles. The number of nitrogens with zero attached hydrogens (tertiary/aromatic N) is 2. The second-order valence-electron chi connectivity index (χ2n) is 6.71. The van der Waals surface area contributed by atoms with E-state index in [2.05, 4.69) is 4.98 Å². The van der Waals surface area contributed by atoms with E-state index < -0.39 is 0 Å². The molecule has 2 aromatic heterocycles. The van der Waals surface area contributed by atoms with Gasteiger partial charge in [-0.1, -0.05) is 18.2 Å². The first-order valence-corrected chi connectivity index (χ1v) is 9.24. The topological polar surface area (TPSA) is 55.6 Å². The van der Waals surface area contributed by atoms with Crippen LogP contribution in [0.15, 0.2) is 71.5 Å². The quantitative estimate of drug-likeness (QED) is 0.684. The molecule has 1 aromatic carbocycles. The molecule has 0 unspecified atom stereocenters. The van der Waals surface area contributed by atoms with Crippen LogP contribution >= 0.6 is 0 Å². The summed E-state index contributed by atoms with van der Waals surface area (Å²) in [6.07, 6.45) is 5.34. The Morgan fingerprint density at radius 1 is 1.19 bits per heavy atom. The van der Waals surface area contributed by atoms with Crippen LogP contribution in [0.2, 0.25) is 0 Å². The van der Waals surface area contributed by atoms with Gasteiger partial charge in [0.2, 0.25) is 0 Å². The molecule has 3 aromatic rings. The molecule has 1 amide bonds. The Morgan fingerprint density at radius 3 is 2.96 bits per heavy atom. The zero-order chi connectivity index (χ0) is 18.5. The Balaban J connectivity index is 1.40. The molecule has 5 heteroatoms. The summed E-state index contributed by atoms with van der Waals surface area (Å²) in [5.41, 5.74) is 2.49. The van der Waals surface area contributed by atoms with Crippen molar-refractivity contribution >= 4 is 5.91 Å². The van der Waals surface area contributed by atoms with Gasteiger partial charge >= 0.3 is 0 Å². The van der Waals surface area contributed by atoms with Crippen LogP contribution < -0.4 is 0 Å². The number of likely N-dealkylation sites (tertiary alicyclic amines) is 1. The fourth-order valence-corrected chi connectivity index (χ4v) is 3.38. The van der Waals surface area contributed by atoms with E-state index in [4.69, 9.17) is 9.15 Å². The van der Waals surface area contributed by atoms with Crippen LogP contribution in [-0.4, -0.2) is 35.0 Å². The van der Waals surface area contributed by atoms with Gasteiger partial charge in [-0.15, -0.1) is 0 Å². The molecular weight excluding hydrogens is 340 g/mol. The zero-order valence-corrected chi connectivity index (χ0v) is 15.1. The number of benzene rings is 1. The molecule has 27 heavy (non-hydrogen) atoms. The first-order valence-electron chi connectivity index (χ1n) is 9.24. The smallest absolute Gasteiger partial charge is 0.253 e. The van der Waals surface area contributed by atoms with E-state index in [1.807, 2.05) is 59.5 Å². The van der Waals surface area contributed by atoms with Crippen LogP contribution in [0, 0.1) is 0 Å². The van der Waals surface area contributed by atoms with Gasteiger partial charge in [0.05, 0.1) is 24.7 Å². The minimum absolute atomic E-state index is 0.0366. The van der Waals surface area contributed by atoms with Crippen LogP contribution in [0.3, 0.4) is 0 Å². The highest BCUT2D eigenvalue weighted by Crippen LogP contribution is 2.23. The number of pyridine rings is 1. The maximum atomic E-state index is 13.0. The summed E-state index contributed by atoms with van der Waals surface area (Å²) in [6.45, 7) is 1.84. The number of aromatic nitrogens is 1. The third kappa shape index (κ3) is 4.26. The lowest BCUT2D eigenvalue weighted by atomic mass is 10.0. The SMILES string of the molecule is O=C(c1cccc(-c2ccco2)c1)N1CCC[C@@H](OCc2ccccn2)C1. The lowest BCUT2D eigenvalue weighted by Crippen LogP contribution is -2.43. The number of hydrogen-bond donors (Lipinski definition) is 0. The van der Waals surface area contributed by atoms with Crippen molar-refractivity contribution in [2.24, 2.45) is 0 Å². The summed E-state index contributed by atoms with van der Waals surface area (Å²) in [5, 5.41) is 0. The van der Waals surface area contributed by atoms with Crippen molar-refractivity contribution in [3.8, 4) is 11.3 Å². The van der Waals surface area contributed by atoms with Gasteiger partial charge in [0, 0.05) is 30.4 Å². The van der Waals surface area contributed by atoms with Gasteiger partial charge in [-0.2, -0.15) is 0 Å². The van der Waals surface area contributed by atoms with E-state index in [0.29, 0.717) is 18.7 Å². The molecule has 1 atom stereocenters. The van der Waals surface area contributed by atoms with Crippen molar-refractivity contribution in [2.75, 3.05) is 13.1 Å². The minimum Gasteiger partial charge on any atom is -0.464 e. The first kappa shape index (κ1) is 17.5. The van der Waals surface area contributed by atoms with E-state index in [9.17, 15) is 4.79 Å². The molecule has 1 fully saturated rings. The van der Waals surface area contributed by atoms with Crippen molar-refractivity contribution in [1.29, 1.82) is 0 Å². The van der Waals surface area contributed by atoms with Gasteiger partial charge in [0.1, 0.15) is 5.76 Å². The standard InChI is InChI=1S/C22H22N2O3/c25-22(18-7-3-6-17(14-18)21-10-5-13-26-21)24-12-4-9-20(15-24)27-16-19-8-1-2-11-23-19/h1-3,5-8,10-11,13-14,20H,4,9,12,15-16H2/t20-/m1/s1. The molecule has 0 bridgehead atoms. The summed E-state index contributed by atoms with van der Waals surface area (Å²) in [5.74, 6) is 0.800. The average Bonchev–Trinajstić information content (AvgIpc) is 3.28. The predicted octanol–water partition coefficient (Wildman–Crippen LogP) is 4.16. The first-order chi connectivity index (χ1) is 13.3. The maximum absolute atomic E-state index is 13.0. The number of rotatable bonds is 5. The summed E-state index contributed by atoms with van der Waals surface area (Å²) >= 11 is 0. The van der Waals surface area contributed by atoms with E-state index in [1.54, 1.807) is 12.5 Å². The van der Waals surface area contributed by atoms with Crippen LogP contribution in [0.4, 0.5) is 0 Å².